The van der Waals surface area contributed by atoms with Crippen LogP contribution in [0, 0.1) is 52.3 Å². The molecular formula is C34H54N4O4. The SMILES string of the molecule is C[C@H]1CC[C@@]2(NC1)O[C@H]1C[C@H]3[C@@H]4CC[C@@H]5CC(NC(=O)CC(=O)N6CCNCC6)CC[C@]5(C)[C@H]4CC(=O)[C@]3(C)[C@H]1[C@@H]2C. The quantitative estimate of drug-likeness (QED) is 0.441. The zero-order valence-electron chi connectivity index (χ0n) is 26.4. The Labute approximate surface area is 252 Å². The molecule has 8 nitrogen and oxygen atoms in total. The zero-order valence-corrected chi connectivity index (χ0v) is 26.4. The maximum absolute atomic E-state index is 14.4. The summed E-state index contributed by atoms with van der Waals surface area (Å²) in [7, 11) is 0. The first-order chi connectivity index (χ1) is 20.0. The van der Waals surface area contributed by atoms with Crippen molar-refractivity contribution in [3.05, 3.63) is 0 Å². The molecule has 4 aliphatic carbocycles. The fourth-order valence-electron chi connectivity index (χ4n) is 11.7. The number of amides is 2. The molecule has 7 aliphatic rings. The highest BCUT2D eigenvalue weighted by Gasteiger charge is 2.71. The Bertz CT molecular complexity index is 1100. The number of hydrogen-bond acceptors (Lipinski definition) is 6. The molecule has 1 spiro atoms. The molecule has 42 heavy (non-hydrogen) atoms. The number of rotatable bonds is 3. The number of nitrogens with zero attached hydrogens (tertiary/aromatic N) is 1. The second-order valence-electron chi connectivity index (χ2n) is 16.0. The van der Waals surface area contributed by atoms with Crippen molar-refractivity contribution in [2.45, 2.75) is 110 Å². The van der Waals surface area contributed by atoms with Crippen LogP contribution in [-0.4, -0.2) is 73.1 Å². The van der Waals surface area contributed by atoms with E-state index in [0.29, 0.717) is 66.7 Å². The Balaban J connectivity index is 1.01. The Kier molecular flexibility index (Phi) is 7.33. The van der Waals surface area contributed by atoms with Gasteiger partial charge in [0.05, 0.1) is 6.10 Å². The average Bonchev–Trinajstić information content (AvgIpc) is 3.42. The molecule has 0 aromatic carbocycles. The summed E-state index contributed by atoms with van der Waals surface area (Å²) >= 11 is 0. The van der Waals surface area contributed by atoms with Gasteiger partial charge in [-0.05, 0) is 86.4 Å². The number of ether oxygens (including phenoxy) is 1. The van der Waals surface area contributed by atoms with Gasteiger partial charge in [-0.2, -0.15) is 0 Å². The molecular weight excluding hydrogens is 528 g/mol. The van der Waals surface area contributed by atoms with Crippen LogP contribution in [0.1, 0.15) is 91.9 Å². The fourth-order valence-corrected chi connectivity index (χ4v) is 11.7. The molecule has 1 unspecified atom stereocenters. The van der Waals surface area contributed by atoms with Crippen LogP contribution >= 0.6 is 0 Å². The molecule has 3 heterocycles. The Morgan fingerprint density at radius 1 is 1.02 bits per heavy atom. The van der Waals surface area contributed by atoms with Crippen LogP contribution in [0.3, 0.4) is 0 Å². The Hall–Kier alpha value is -1.51. The van der Waals surface area contributed by atoms with E-state index >= 15 is 0 Å². The standard InChI is InChI=1S/C34H54N4O4/c1-20-7-10-34(36-19-20)21(2)31-27(42-34)16-26-24-6-5-22-15-23(37-29(40)18-30(41)38-13-11-35-12-14-38)8-9-32(22,3)25(24)17-28(39)33(26,31)4/h20-27,31,35-36H,5-19H2,1-4H3,(H,37,40)/t20-,21-,22+,23?,24+,25-,26-,27-,31-,32-,33+,34+/m0/s1. The van der Waals surface area contributed by atoms with Crippen molar-refractivity contribution >= 4 is 17.6 Å². The molecule has 0 radical (unpaired) electrons. The first kappa shape index (κ1) is 29.2. The summed E-state index contributed by atoms with van der Waals surface area (Å²) < 4.78 is 6.97. The number of nitrogens with one attached hydrogen (secondary N) is 3. The number of carbonyl (C=O) groups excluding carboxylic acids is 3. The van der Waals surface area contributed by atoms with Gasteiger partial charge in [0.15, 0.2) is 0 Å². The van der Waals surface area contributed by atoms with E-state index in [4.69, 9.17) is 4.74 Å². The third-order valence-electron chi connectivity index (χ3n) is 14.2. The molecule has 7 fully saturated rings. The third-order valence-corrected chi connectivity index (χ3v) is 14.2. The third kappa shape index (κ3) is 4.43. The van der Waals surface area contributed by atoms with Crippen molar-refractivity contribution in [3.8, 4) is 0 Å². The molecule has 0 bridgehead atoms. The first-order valence-corrected chi connectivity index (χ1v) is 17.3. The highest BCUT2D eigenvalue weighted by molar-refractivity contribution is 5.97. The fraction of sp³-hybridized carbons (Fsp3) is 0.912. The predicted octanol–water partition coefficient (Wildman–Crippen LogP) is 3.49. The van der Waals surface area contributed by atoms with Crippen LogP contribution in [0.2, 0.25) is 0 Å². The number of carbonyl (C=O) groups is 3. The molecule has 4 saturated carbocycles. The first-order valence-electron chi connectivity index (χ1n) is 17.3. The van der Waals surface area contributed by atoms with Crippen LogP contribution < -0.4 is 16.0 Å². The van der Waals surface area contributed by atoms with Gasteiger partial charge in [-0.3, -0.25) is 19.7 Å². The Morgan fingerprint density at radius 3 is 2.55 bits per heavy atom. The van der Waals surface area contributed by atoms with Crippen LogP contribution in [0.15, 0.2) is 0 Å². The summed E-state index contributed by atoms with van der Waals surface area (Å²) in [5.74, 6) is 3.64. The second-order valence-corrected chi connectivity index (χ2v) is 16.0. The lowest BCUT2D eigenvalue weighted by molar-refractivity contribution is -0.160. The lowest BCUT2D eigenvalue weighted by Gasteiger charge is -2.60. The molecule has 12 atom stereocenters. The maximum atomic E-state index is 14.4. The Morgan fingerprint density at radius 2 is 1.81 bits per heavy atom. The number of piperidine rings is 1. The molecule has 3 N–H and O–H groups in total. The van der Waals surface area contributed by atoms with Crippen molar-refractivity contribution < 1.29 is 19.1 Å². The van der Waals surface area contributed by atoms with Crippen molar-refractivity contribution in [3.63, 3.8) is 0 Å². The van der Waals surface area contributed by atoms with Crippen LogP contribution in [-0.2, 0) is 19.1 Å². The molecule has 3 saturated heterocycles. The number of ketones is 1. The van der Waals surface area contributed by atoms with E-state index in [0.717, 1.165) is 51.7 Å². The summed E-state index contributed by atoms with van der Waals surface area (Å²) in [6.07, 6.45) is 9.50. The number of hydrogen-bond donors (Lipinski definition) is 3. The van der Waals surface area contributed by atoms with Gasteiger partial charge < -0.3 is 20.3 Å². The van der Waals surface area contributed by atoms with Crippen molar-refractivity contribution in [1.29, 1.82) is 0 Å². The normalized spacial score (nSPS) is 50.0. The number of Topliss-reactive ketones (excluding diaryl/α,β-unsaturated/α-hetero) is 1. The van der Waals surface area contributed by atoms with Gasteiger partial charge in [0, 0.05) is 62.4 Å². The molecule has 234 valence electrons. The summed E-state index contributed by atoms with van der Waals surface area (Å²) in [5.41, 5.74) is -0.371. The summed E-state index contributed by atoms with van der Waals surface area (Å²) in [6, 6.07) is 0.134. The minimum Gasteiger partial charge on any atom is -0.357 e. The topological polar surface area (TPSA) is 99.8 Å². The summed E-state index contributed by atoms with van der Waals surface area (Å²) in [4.78, 5) is 41.6. The summed E-state index contributed by atoms with van der Waals surface area (Å²) in [6.45, 7) is 13.4. The van der Waals surface area contributed by atoms with Gasteiger partial charge in [0.1, 0.15) is 17.9 Å². The highest BCUT2D eigenvalue weighted by Crippen LogP contribution is 2.70. The van der Waals surface area contributed by atoms with Crippen LogP contribution in [0.5, 0.6) is 0 Å². The second kappa shape index (κ2) is 10.5. The van der Waals surface area contributed by atoms with Gasteiger partial charge in [-0.15, -0.1) is 0 Å². The molecule has 8 heteroatoms. The predicted molar refractivity (Wildman–Crippen MR) is 160 cm³/mol. The van der Waals surface area contributed by atoms with Gasteiger partial charge in [-0.25, -0.2) is 0 Å². The van der Waals surface area contributed by atoms with Crippen LogP contribution in [0.4, 0.5) is 0 Å². The van der Waals surface area contributed by atoms with E-state index in [9.17, 15) is 14.4 Å². The number of fused-ring (bicyclic) bond motifs is 7. The maximum Gasteiger partial charge on any atom is 0.232 e. The lowest BCUT2D eigenvalue weighted by atomic mass is 9.44. The van der Waals surface area contributed by atoms with Gasteiger partial charge in [-0.1, -0.05) is 27.7 Å². The van der Waals surface area contributed by atoms with E-state index in [-0.39, 0.29) is 46.9 Å². The van der Waals surface area contributed by atoms with E-state index in [2.05, 4.69) is 43.6 Å². The largest absolute Gasteiger partial charge is 0.357 e. The average molecular weight is 583 g/mol. The smallest absolute Gasteiger partial charge is 0.232 e. The van der Waals surface area contributed by atoms with Gasteiger partial charge >= 0.3 is 0 Å². The molecule has 7 rings (SSSR count). The monoisotopic (exact) mass is 582 g/mol. The highest BCUT2D eigenvalue weighted by atomic mass is 16.5. The molecule has 0 aromatic rings. The van der Waals surface area contributed by atoms with Gasteiger partial charge in [0.25, 0.3) is 0 Å². The molecule has 2 amide bonds. The molecule has 3 aliphatic heterocycles. The van der Waals surface area contributed by atoms with Crippen LogP contribution in [0.25, 0.3) is 0 Å². The van der Waals surface area contributed by atoms with Crippen molar-refractivity contribution in [2.75, 3.05) is 32.7 Å². The molecule has 0 aromatic heterocycles. The minimum absolute atomic E-state index is 0.0451. The van der Waals surface area contributed by atoms with Gasteiger partial charge in [0.2, 0.25) is 11.8 Å². The minimum atomic E-state index is -0.273. The lowest BCUT2D eigenvalue weighted by Crippen LogP contribution is -2.60. The van der Waals surface area contributed by atoms with E-state index in [1.807, 2.05) is 0 Å². The van der Waals surface area contributed by atoms with E-state index in [1.54, 1.807) is 4.90 Å². The zero-order chi connectivity index (χ0) is 29.4. The number of piperazine rings is 1. The van der Waals surface area contributed by atoms with E-state index in [1.165, 1.54) is 19.3 Å². The van der Waals surface area contributed by atoms with Crippen molar-refractivity contribution in [2.24, 2.45) is 52.3 Å². The summed E-state index contributed by atoms with van der Waals surface area (Å²) in [5, 5.41) is 10.3. The van der Waals surface area contributed by atoms with E-state index < -0.39 is 0 Å². The van der Waals surface area contributed by atoms with Crippen molar-refractivity contribution in [1.82, 2.24) is 20.9 Å².